The normalized spacial score (nSPS) is 13.9. The topological polar surface area (TPSA) is 51.5 Å². The van der Waals surface area contributed by atoms with Crippen molar-refractivity contribution in [2.24, 2.45) is 0 Å². The van der Waals surface area contributed by atoms with Gasteiger partial charge in [0.15, 0.2) is 0 Å². The lowest BCUT2D eigenvalue weighted by atomic mass is 10.2. The van der Waals surface area contributed by atoms with Crippen LogP contribution in [0.15, 0.2) is 28.7 Å². The summed E-state index contributed by atoms with van der Waals surface area (Å²) in [6.45, 7) is 14.6. The molecule has 0 spiro atoms. The standard InChI is InChI=1S/C18H27NO3Si/c1-12(19-13(2)20)17-11-14-10-15(8-9-16(14)21-17)22-23(6,7)18(3,4)5/h8-12H,1-7H3,(H,19,20). The monoisotopic (exact) mass is 333 g/mol. The van der Waals surface area contributed by atoms with Crippen molar-refractivity contribution in [1.82, 2.24) is 5.32 Å². The van der Waals surface area contributed by atoms with Gasteiger partial charge >= 0.3 is 0 Å². The molecular weight excluding hydrogens is 306 g/mol. The molecule has 2 rings (SSSR count). The van der Waals surface area contributed by atoms with Gasteiger partial charge in [0, 0.05) is 12.3 Å². The first-order valence-electron chi connectivity index (χ1n) is 7.99. The third kappa shape index (κ3) is 3.96. The lowest BCUT2D eigenvalue weighted by Crippen LogP contribution is -2.43. The Kier molecular flexibility index (Phi) is 4.62. The molecule has 1 heterocycles. The van der Waals surface area contributed by atoms with E-state index in [1.54, 1.807) is 0 Å². The molecule has 5 heteroatoms. The first kappa shape index (κ1) is 17.6. The molecule has 1 aromatic carbocycles. The van der Waals surface area contributed by atoms with E-state index in [-0.39, 0.29) is 17.0 Å². The van der Waals surface area contributed by atoms with Crippen LogP contribution in [0.5, 0.6) is 5.75 Å². The van der Waals surface area contributed by atoms with Gasteiger partial charge in [-0.25, -0.2) is 0 Å². The summed E-state index contributed by atoms with van der Waals surface area (Å²) < 4.78 is 12.2. The highest BCUT2D eigenvalue weighted by Gasteiger charge is 2.39. The fourth-order valence-electron chi connectivity index (χ4n) is 2.14. The molecular formula is C18H27NO3Si. The summed E-state index contributed by atoms with van der Waals surface area (Å²) in [6.07, 6.45) is 0. The number of fused-ring (bicyclic) bond motifs is 1. The van der Waals surface area contributed by atoms with Gasteiger partial charge in [0.1, 0.15) is 17.1 Å². The molecule has 23 heavy (non-hydrogen) atoms. The lowest BCUT2D eigenvalue weighted by molar-refractivity contribution is -0.119. The Bertz CT molecular complexity index is 713. The highest BCUT2D eigenvalue weighted by Crippen LogP contribution is 2.38. The zero-order valence-corrected chi connectivity index (χ0v) is 16.1. The predicted molar refractivity (Wildman–Crippen MR) is 96.3 cm³/mol. The van der Waals surface area contributed by atoms with Crippen LogP contribution in [0.4, 0.5) is 0 Å². The van der Waals surface area contributed by atoms with Gasteiger partial charge in [-0.1, -0.05) is 20.8 Å². The summed E-state index contributed by atoms with van der Waals surface area (Å²) in [7, 11) is -1.86. The first-order valence-corrected chi connectivity index (χ1v) is 10.9. The summed E-state index contributed by atoms with van der Waals surface area (Å²) in [4.78, 5) is 11.2. The van der Waals surface area contributed by atoms with Crippen LogP contribution in [0.25, 0.3) is 11.0 Å². The van der Waals surface area contributed by atoms with Crippen molar-refractivity contribution >= 4 is 25.2 Å². The van der Waals surface area contributed by atoms with E-state index in [1.807, 2.05) is 31.2 Å². The Morgan fingerprint density at radius 1 is 1.26 bits per heavy atom. The van der Waals surface area contributed by atoms with Crippen LogP contribution in [-0.4, -0.2) is 14.2 Å². The molecule has 0 aliphatic carbocycles. The number of hydrogen-bond acceptors (Lipinski definition) is 3. The van der Waals surface area contributed by atoms with Gasteiger partial charge in [-0.3, -0.25) is 4.79 Å². The van der Waals surface area contributed by atoms with E-state index in [1.165, 1.54) is 6.92 Å². The molecule has 0 aliphatic heterocycles. The molecule has 0 aliphatic rings. The van der Waals surface area contributed by atoms with E-state index in [2.05, 4.69) is 39.2 Å². The number of furan rings is 1. The number of carbonyl (C=O) groups is 1. The van der Waals surface area contributed by atoms with Crippen LogP contribution in [0, 0.1) is 0 Å². The minimum Gasteiger partial charge on any atom is -0.543 e. The summed E-state index contributed by atoms with van der Waals surface area (Å²) >= 11 is 0. The number of carbonyl (C=O) groups excluding carboxylic acids is 1. The summed E-state index contributed by atoms with van der Waals surface area (Å²) in [5, 5.41) is 3.99. The van der Waals surface area contributed by atoms with Crippen molar-refractivity contribution < 1.29 is 13.6 Å². The van der Waals surface area contributed by atoms with Crippen molar-refractivity contribution in [1.29, 1.82) is 0 Å². The van der Waals surface area contributed by atoms with Crippen LogP contribution in [0.3, 0.4) is 0 Å². The Morgan fingerprint density at radius 2 is 1.91 bits per heavy atom. The van der Waals surface area contributed by atoms with Crippen molar-refractivity contribution in [2.75, 3.05) is 0 Å². The summed E-state index contributed by atoms with van der Waals surface area (Å²) in [5.41, 5.74) is 0.805. The van der Waals surface area contributed by atoms with Crippen molar-refractivity contribution in [3.05, 3.63) is 30.0 Å². The van der Waals surface area contributed by atoms with Gasteiger partial charge in [-0.15, -0.1) is 0 Å². The maximum Gasteiger partial charge on any atom is 0.250 e. The molecule has 1 N–H and O–H groups in total. The summed E-state index contributed by atoms with van der Waals surface area (Å²) in [5.74, 6) is 1.56. The van der Waals surface area contributed by atoms with Gasteiger partial charge in [0.25, 0.3) is 0 Å². The van der Waals surface area contributed by atoms with Gasteiger partial charge in [0.2, 0.25) is 14.2 Å². The van der Waals surface area contributed by atoms with E-state index in [9.17, 15) is 4.79 Å². The SMILES string of the molecule is CC(=O)NC(C)c1cc2cc(O[Si](C)(C)C(C)(C)C)ccc2o1. The predicted octanol–water partition coefficient (Wildman–Crippen LogP) is 5.01. The van der Waals surface area contributed by atoms with E-state index in [4.69, 9.17) is 8.84 Å². The second-order valence-corrected chi connectivity index (χ2v) is 12.4. The molecule has 1 aromatic heterocycles. The maximum absolute atomic E-state index is 11.2. The fourth-order valence-corrected chi connectivity index (χ4v) is 3.17. The van der Waals surface area contributed by atoms with E-state index in [0.717, 1.165) is 22.5 Å². The molecule has 0 saturated carbocycles. The number of rotatable bonds is 4. The largest absolute Gasteiger partial charge is 0.543 e. The quantitative estimate of drug-likeness (QED) is 0.800. The minimum atomic E-state index is -1.86. The van der Waals surface area contributed by atoms with Gasteiger partial charge < -0.3 is 14.2 Å². The van der Waals surface area contributed by atoms with Crippen LogP contribution < -0.4 is 9.74 Å². The highest BCUT2D eigenvalue weighted by atomic mass is 28.4. The zero-order valence-electron chi connectivity index (χ0n) is 15.1. The third-order valence-electron chi connectivity index (χ3n) is 4.53. The second kappa shape index (κ2) is 6.04. The lowest BCUT2D eigenvalue weighted by Gasteiger charge is -2.36. The summed E-state index contributed by atoms with van der Waals surface area (Å²) in [6, 6.07) is 7.73. The fraction of sp³-hybridized carbons (Fsp3) is 0.500. The van der Waals surface area contributed by atoms with Gasteiger partial charge in [-0.2, -0.15) is 0 Å². The molecule has 0 bridgehead atoms. The van der Waals surface area contributed by atoms with E-state index in [0.29, 0.717) is 0 Å². The van der Waals surface area contributed by atoms with Crippen molar-refractivity contribution in [3.8, 4) is 5.75 Å². The maximum atomic E-state index is 11.2. The molecule has 4 nitrogen and oxygen atoms in total. The number of amides is 1. The van der Waals surface area contributed by atoms with Crippen molar-refractivity contribution in [3.63, 3.8) is 0 Å². The molecule has 0 radical (unpaired) electrons. The highest BCUT2D eigenvalue weighted by molar-refractivity contribution is 6.74. The molecule has 1 amide bonds. The molecule has 126 valence electrons. The Labute approximate surface area is 139 Å². The van der Waals surface area contributed by atoms with Gasteiger partial charge in [-0.05, 0) is 49.3 Å². The third-order valence-corrected chi connectivity index (χ3v) is 8.89. The van der Waals surface area contributed by atoms with Crippen LogP contribution in [0.1, 0.15) is 46.4 Å². The second-order valence-electron chi connectivity index (χ2n) is 7.63. The average Bonchev–Trinajstić information content (AvgIpc) is 2.79. The number of benzene rings is 1. The van der Waals surface area contributed by atoms with Crippen LogP contribution in [0.2, 0.25) is 18.1 Å². The van der Waals surface area contributed by atoms with Gasteiger partial charge in [0.05, 0.1) is 6.04 Å². The Hall–Kier alpha value is -1.75. The first-order chi connectivity index (χ1) is 10.5. The zero-order chi connectivity index (χ0) is 17.4. The average molecular weight is 334 g/mol. The Balaban J connectivity index is 2.27. The van der Waals surface area contributed by atoms with Crippen molar-refractivity contribution in [2.45, 2.75) is 58.8 Å². The molecule has 0 fully saturated rings. The van der Waals surface area contributed by atoms with Crippen LogP contribution in [-0.2, 0) is 4.79 Å². The molecule has 2 aromatic rings. The molecule has 0 saturated heterocycles. The number of nitrogens with one attached hydrogen (secondary N) is 1. The molecule has 1 atom stereocenters. The van der Waals surface area contributed by atoms with Crippen LogP contribution >= 0.6 is 0 Å². The smallest absolute Gasteiger partial charge is 0.250 e. The minimum absolute atomic E-state index is 0.0695. The molecule has 1 unspecified atom stereocenters. The Morgan fingerprint density at radius 3 is 2.48 bits per heavy atom. The van der Waals surface area contributed by atoms with E-state index < -0.39 is 8.32 Å². The van der Waals surface area contributed by atoms with E-state index >= 15 is 0 Å². The number of hydrogen-bond donors (Lipinski definition) is 1.